The van der Waals surface area contributed by atoms with Crippen LogP contribution in [0.5, 0.6) is 0 Å². The molecule has 0 atom stereocenters. The van der Waals surface area contributed by atoms with Gasteiger partial charge in [-0.05, 0) is 25.7 Å². The molecule has 0 unspecified atom stereocenters. The molecule has 30 heavy (non-hydrogen) atoms. The van der Waals surface area contributed by atoms with Gasteiger partial charge in [0.15, 0.2) is 0 Å². The van der Waals surface area contributed by atoms with Crippen molar-refractivity contribution in [2.45, 2.75) is 149 Å². The van der Waals surface area contributed by atoms with Gasteiger partial charge in [-0.2, -0.15) is 0 Å². The lowest BCUT2D eigenvalue weighted by molar-refractivity contribution is -0.655. The first-order valence-electron chi connectivity index (χ1n) is 13.3. The van der Waals surface area contributed by atoms with E-state index in [2.05, 4.69) is 19.2 Å². The minimum atomic E-state index is -1.75. The molecule has 0 bridgehead atoms. The summed E-state index contributed by atoms with van der Waals surface area (Å²) in [4.78, 5) is 8.25. The molecule has 2 N–H and O–H groups in total. The molecule has 0 aliphatic rings. The Labute approximate surface area is 187 Å². The maximum Gasteiger partial charge on any atom is 0.0755 e. The third kappa shape index (κ3) is 37.8. The summed E-state index contributed by atoms with van der Waals surface area (Å²) in [6.07, 6.45) is 30.6. The standard InChI is InChI=1S/C25H53N.NO3/c1-3-5-7-9-11-13-14-15-17-19-21-23-25-26-24-22-20-18-16-12-10-8-6-4-2;2-1(3)4/h26H,3-25H2,1-2H3;/q;-1/p+1. The Morgan fingerprint density at radius 3 is 0.900 bits per heavy atom. The van der Waals surface area contributed by atoms with Gasteiger partial charge in [-0.25, -0.2) is 0 Å². The minimum Gasteiger partial charge on any atom is -0.356 e. The van der Waals surface area contributed by atoms with Crippen molar-refractivity contribution in [3.05, 3.63) is 15.3 Å². The van der Waals surface area contributed by atoms with Crippen molar-refractivity contribution in [3.8, 4) is 0 Å². The molecular formula is C25H54N2O3. The number of hydrogen-bond acceptors (Lipinski definition) is 3. The molecule has 0 saturated heterocycles. The molecule has 0 aromatic carbocycles. The SMILES string of the molecule is CCCCCCCCCCCCCC[NH2+]CCCCCCCCCCC.O=[N+]([O-])[O-]. The molecule has 0 rings (SSSR count). The number of nitrogens with two attached hydrogens (primary N) is 1. The zero-order chi connectivity index (χ0) is 22.5. The molecule has 0 aromatic heterocycles. The average molecular weight is 431 g/mol. The molecule has 5 nitrogen and oxygen atoms in total. The van der Waals surface area contributed by atoms with Gasteiger partial charge in [-0.15, -0.1) is 0 Å². The van der Waals surface area contributed by atoms with E-state index in [0.29, 0.717) is 0 Å². The van der Waals surface area contributed by atoms with Crippen LogP contribution in [0.25, 0.3) is 0 Å². The lowest BCUT2D eigenvalue weighted by Crippen LogP contribution is -2.84. The van der Waals surface area contributed by atoms with E-state index in [1.807, 2.05) is 0 Å². The van der Waals surface area contributed by atoms with Crippen molar-refractivity contribution in [1.29, 1.82) is 0 Å². The molecule has 0 heterocycles. The molecule has 0 aromatic rings. The van der Waals surface area contributed by atoms with Crippen LogP contribution in [0.1, 0.15) is 149 Å². The second kappa shape index (κ2) is 30.4. The van der Waals surface area contributed by atoms with E-state index in [-0.39, 0.29) is 0 Å². The predicted octanol–water partition coefficient (Wildman–Crippen LogP) is 7.54. The summed E-state index contributed by atoms with van der Waals surface area (Å²) < 4.78 is 0. The van der Waals surface area contributed by atoms with Crippen molar-refractivity contribution < 1.29 is 10.4 Å². The lowest BCUT2D eigenvalue weighted by Gasteiger charge is -2.04. The van der Waals surface area contributed by atoms with Crippen LogP contribution >= 0.6 is 0 Å². The Bertz CT molecular complexity index is 287. The van der Waals surface area contributed by atoms with Crippen molar-refractivity contribution in [2.24, 2.45) is 0 Å². The molecule has 0 aliphatic carbocycles. The summed E-state index contributed by atoms with van der Waals surface area (Å²) in [5.74, 6) is 0. The Kier molecular flexibility index (Phi) is 31.7. The largest absolute Gasteiger partial charge is 0.356 e. The van der Waals surface area contributed by atoms with E-state index in [1.54, 1.807) is 0 Å². The smallest absolute Gasteiger partial charge is 0.0755 e. The van der Waals surface area contributed by atoms with E-state index in [1.165, 1.54) is 148 Å². The Morgan fingerprint density at radius 2 is 0.667 bits per heavy atom. The van der Waals surface area contributed by atoms with Gasteiger partial charge >= 0.3 is 0 Å². The summed E-state index contributed by atoms with van der Waals surface area (Å²) in [5, 5.41) is 17.3. The van der Waals surface area contributed by atoms with Crippen LogP contribution in [0.2, 0.25) is 0 Å². The summed E-state index contributed by atoms with van der Waals surface area (Å²) in [5.41, 5.74) is 0. The molecular weight excluding hydrogens is 376 g/mol. The quantitative estimate of drug-likeness (QED) is 0.103. The van der Waals surface area contributed by atoms with Crippen LogP contribution in [0, 0.1) is 15.3 Å². The maximum absolute atomic E-state index is 8.25. The molecule has 5 heteroatoms. The highest BCUT2D eigenvalue weighted by Crippen LogP contribution is 2.11. The zero-order valence-corrected chi connectivity index (χ0v) is 20.5. The molecule has 0 fully saturated rings. The minimum absolute atomic E-state index is 1.37. The maximum atomic E-state index is 8.25. The van der Waals surface area contributed by atoms with Crippen LogP contribution in [0.3, 0.4) is 0 Å². The van der Waals surface area contributed by atoms with Gasteiger partial charge in [0.1, 0.15) is 0 Å². The van der Waals surface area contributed by atoms with Gasteiger partial charge in [0.25, 0.3) is 0 Å². The van der Waals surface area contributed by atoms with E-state index in [4.69, 9.17) is 15.3 Å². The highest BCUT2D eigenvalue weighted by Gasteiger charge is 1.96. The van der Waals surface area contributed by atoms with E-state index < -0.39 is 5.09 Å². The van der Waals surface area contributed by atoms with Gasteiger partial charge in [-0.3, -0.25) is 0 Å². The predicted molar refractivity (Wildman–Crippen MR) is 130 cm³/mol. The fourth-order valence-electron chi connectivity index (χ4n) is 3.87. The third-order valence-electron chi connectivity index (χ3n) is 5.77. The summed E-state index contributed by atoms with van der Waals surface area (Å²) >= 11 is 0. The Hall–Kier alpha value is -0.840. The van der Waals surface area contributed by atoms with Crippen LogP contribution in [-0.2, 0) is 0 Å². The Morgan fingerprint density at radius 1 is 0.467 bits per heavy atom. The van der Waals surface area contributed by atoms with Crippen LogP contribution in [-0.4, -0.2) is 18.2 Å². The van der Waals surface area contributed by atoms with E-state index >= 15 is 0 Å². The number of hydrogen-bond donors (Lipinski definition) is 1. The Balaban J connectivity index is 0. The van der Waals surface area contributed by atoms with Gasteiger partial charge in [0.2, 0.25) is 0 Å². The molecule has 0 amide bonds. The summed E-state index contributed by atoms with van der Waals surface area (Å²) in [6, 6.07) is 0. The second-order valence-electron chi connectivity index (χ2n) is 8.81. The van der Waals surface area contributed by atoms with E-state index in [0.717, 1.165) is 0 Å². The first-order valence-corrected chi connectivity index (χ1v) is 13.3. The van der Waals surface area contributed by atoms with Crippen LogP contribution in [0.4, 0.5) is 0 Å². The van der Waals surface area contributed by atoms with Crippen molar-refractivity contribution >= 4 is 0 Å². The van der Waals surface area contributed by atoms with E-state index in [9.17, 15) is 0 Å². The highest BCUT2D eigenvalue weighted by atomic mass is 16.9. The van der Waals surface area contributed by atoms with Gasteiger partial charge < -0.3 is 20.6 Å². The van der Waals surface area contributed by atoms with Gasteiger partial charge in [-0.1, -0.05) is 123 Å². The van der Waals surface area contributed by atoms with Crippen molar-refractivity contribution in [2.75, 3.05) is 13.1 Å². The number of rotatable bonds is 23. The molecule has 0 aliphatic heterocycles. The van der Waals surface area contributed by atoms with Gasteiger partial charge in [0.05, 0.1) is 18.2 Å². The van der Waals surface area contributed by atoms with Gasteiger partial charge in [0, 0.05) is 0 Å². The highest BCUT2D eigenvalue weighted by molar-refractivity contribution is 4.48. The summed E-state index contributed by atoms with van der Waals surface area (Å²) in [7, 11) is 0. The normalized spacial score (nSPS) is 10.6. The molecule has 0 saturated carbocycles. The van der Waals surface area contributed by atoms with Crippen molar-refractivity contribution in [1.82, 2.24) is 0 Å². The zero-order valence-electron chi connectivity index (χ0n) is 20.5. The molecule has 0 spiro atoms. The molecule has 0 radical (unpaired) electrons. The number of unbranched alkanes of at least 4 members (excludes halogenated alkanes) is 19. The second-order valence-corrected chi connectivity index (χ2v) is 8.81. The fourth-order valence-corrected chi connectivity index (χ4v) is 3.87. The summed E-state index contributed by atoms with van der Waals surface area (Å²) in [6.45, 7) is 7.34. The van der Waals surface area contributed by atoms with Crippen LogP contribution in [0.15, 0.2) is 0 Å². The monoisotopic (exact) mass is 430 g/mol. The first-order chi connectivity index (χ1) is 14.6. The lowest BCUT2D eigenvalue weighted by atomic mass is 10.1. The topological polar surface area (TPSA) is 82.8 Å². The molecule has 182 valence electrons. The van der Waals surface area contributed by atoms with Crippen LogP contribution < -0.4 is 5.32 Å². The average Bonchev–Trinajstić information content (AvgIpc) is 2.71. The fraction of sp³-hybridized carbons (Fsp3) is 1.00. The third-order valence-corrected chi connectivity index (χ3v) is 5.77. The number of nitrogens with zero attached hydrogens (tertiary/aromatic N) is 1. The van der Waals surface area contributed by atoms with Crippen molar-refractivity contribution in [3.63, 3.8) is 0 Å². The first kappa shape index (κ1) is 31.3. The number of quaternary nitrogens is 1.